The zero-order valence-electron chi connectivity index (χ0n) is 14.3. The Balaban J connectivity index is 2.33. The Morgan fingerprint density at radius 1 is 1.04 bits per heavy atom. The third-order valence-corrected chi connectivity index (χ3v) is 4.49. The fourth-order valence-electron chi connectivity index (χ4n) is 3.14. The van der Waals surface area contributed by atoms with Crippen LogP contribution in [0.1, 0.15) is 34.5 Å². The molecule has 0 saturated carbocycles. The smallest absolute Gasteiger partial charge is 0.310 e. The Morgan fingerprint density at radius 2 is 1.70 bits per heavy atom. The molecule has 8 heteroatoms. The zero-order chi connectivity index (χ0) is 20.0. The van der Waals surface area contributed by atoms with Crippen LogP contribution in [-0.4, -0.2) is 26.7 Å². The minimum absolute atomic E-state index is 0.0145. The van der Waals surface area contributed by atoms with Gasteiger partial charge in [0.1, 0.15) is 0 Å². The van der Waals surface area contributed by atoms with Gasteiger partial charge in [0.05, 0.1) is 11.4 Å². The van der Waals surface area contributed by atoms with E-state index in [2.05, 4.69) is 0 Å². The summed E-state index contributed by atoms with van der Waals surface area (Å²) in [5.74, 6) is -7.08. The van der Waals surface area contributed by atoms with Gasteiger partial charge in [0.2, 0.25) is 0 Å². The summed E-state index contributed by atoms with van der Waals surface area (Å²) in [5.41, 5.74) is 0.223. The van der Waals surface area contributed by atoms with Gasteiger partial charge in [-0.3, -0.25) is 14.2 Å². The highest BCUT2D eigenvalue weighted by molar-refractivity contribution is 6.05. The van der Waals surface area contributed by atoms with Gasteiger partial charge in [0.15, 0.2) is 23.2 Å². The molecule has 0 aliphatic rings. The highest BCUT2D eigenvalue weighted by Crippen LogP contribution is 2.36. The van der Waals surface area contributed by atoms with E-state index in [4.69, 9.17) is 0 Å². The van der Waals surface area contributed by atoms with Gasteiger partial charge in [0.25, 0.3) is 5.91 Å². The number of aromatic nitrogens is 1. The maximum atomic E-state index is 13.9. The third-order valence-electron chi connectivity index (χ3n) is 4.49. The molecule has 1 atom stereocenters. The van der Waals surface area contributed by atoms with Crippen molar-refractivity contribution in [1.29, 1.82) is 0 Å². The van der Waals surface area contributed by atoms with E-state index in [9.17, 15) is 33.0 Å². The number of carbonyl (C=O) groups is 2. The maximum Gasteiger partial charge on any atom is 0.310 e. The molecule has 0 bridgehead atoms. The number of phenols is 1. The number of carboxylic acids is 1. The number of rotatable bonds is 3. The van der Waals surface area contributed by atoms with Crippen LogP contribution in [0.3, 0.4) is 0 Å². The second-order valence-electron chi connectivity index (χ2n) is 6.15. The lowest BCUT2D eigenvalue weighted by Gasteiger charge is -2.09. The van der Waals surface area contributed by atoms with Gasteiger partial charge < -0.3 is 10.2 Å². The molecule has 0 fully saturated rings. The fraction of sp³-hybridized carbons (Fsp3) is 0.158. The molecule has 2 aromatic carbocycles. The minimum atomic E-state index is -1.22. The molecule has 5 nitrogen and oxygen atoms in total. The lowest BCUT2D eigenvalue weighted by molar-refractivity contribution is -0.138. The van der Waals surface area contributed by atoms with E-state index in [1.165, 1.54) is 13.8 Å². The van der Waals surface area contributed by atoms with Gasteiger partial charge in [0, 0.05) is 22.7 Å². The van der Waals surface area contributed by atoms with Crippen molar-refractivity contribution in [1.82, 2.24) is 4.57 Å². The van der Waals surface area contributed by atoms with Crippen molar-refractivity contribution >= 4 is 22.8 Å². The first-order valence-electron chi connectivity index (χ1n) is 7.89. The predicted molar refractivity (Wildman–Crippen MR) is 90.4 cm³/mol. The van der Waals surface area contributed by atoms with Crippen LogP contribution in [0.4, 0.5) is 13.2 Å². The molecule has 3 rings (SSSR count). The molecule has 0 aliphatic carbocycles. The summed E-state index contributed by atoms with van der Waals surface area (Å²) in [6.07, 6.45) is 0. The lowest BCUT2D eigenvalue weighted by atomic mass is 9.98. The van der Waals surface area contributed by atoms with Crippen LogP contribution >= 0.6 is 0 Å². The van der Waals surface area contributed by atoms with E-state index in [0.717, 1.165) is 28.8 Å². The maximum absolute atomic E-state index is 13.9. The van der Waals surface area contributed by atoms with Crippen LogP contribution in [0.5, 0.6) is 5.75 Å². The zero-order valence-corrected chi connectivity index (χ0v) is 14.3. The van der Waals surface area contributed by atoms with E-state index in [1.807, 2.05) is 0 Å². The van der Waals surface area contributed by atoms with Crippen molar-refractivity contribution in [3.63, 3.8) is 0 Å². The van der Waals surface area contributed by atoms with E-state index >= 15 is 0 Å². The molecule has 140 valence electrons. The lowest BCUT2D eigenvalue weighted by Crippen LogP contribution is -2.15. The van der Waals surface area contributed by atoms with Crippen LogP contribution in [0.15, 0.2) is 30.3 Å². The van der Waals surface area contributed by atoms with Gasteiger partial charge in [-0.2, -0.15) is 0 Å². The molecule has 0 radical (unpaired) electrons. The number of phenolic OH excluding ortho intramolecular Hbond substituents is 1. The summed E-state index contributed by atoms with van der Waals surface area (Å²) in [5, 5.41) is 19.2. The number of hydrogen-bond donors (Lipinski definition) is 2. The molecule has 0 amide bonds. The predicted octanol–water partition coefficient (Wildman–Crippen LogP) is 3.95. The standard InChI is InChI=1S/C19H14F3NO4/c1-8(19(26)27)17-9(2)23(15-7-14(22)16(24)6-11(15)17)18(25)10-3-4-12(20)13(21)5-10/h3-8,24H,1-2H3,(H,26,27). The van der Waals surface area contributed by atoms with E-state index in [0.29, 0.717) is 6.07 Å². The summed E-state index contributed by atoms with van der Waals surface area (Å²) in [4.78, 5) is 24.3. The van der Waals surface area contributed by atoms with Crippen molar-refractivity contribution in [3.05, 3.63) is 64.6 Å². The van der Waals surface area contributed by atoms with Gasteiger partial charge in [-0.1, -0.05) is 0 Å². The topological polar surface area (TPSA) is 79.5 Å². The average molecular weight is 377 g/mol. The molecule has 0 spiro atoms. The molecule has 2 N–H and O–H groups in total. The second-order valence-corrected chi connectivity index (χ2v) is 6.15. The van der Waals surface area contributed by atoms with Crippen LogP contribution in [-0.2, 0) is 4.79 Å². The molecule has 3 aromatic rings. The summed E-state index contributed by atoms with van der Waals surface area (Å²) in [6.45, 7) is 2.85. The highest BCUT2D eigenvalue weighted by atomic mass is 19.2. The third kappa shape index (κ3) is 2.92. The Labute approximate surface area is 151 Å². The summed E-state index contributed by atoms with van der Waals surface area (Å²) < 4.78 is 41.6. The van der Waals surface area contributed by atoms with Crippen LogP contribution in [0.25, 0.3) is 10.9 Å². The number of halogens is 3. The first-order valence-corrected chi connectivity index (χ1v) is 7.89. The second kappa shape index (κ2) is 6.46. The number of carboxylic acid groups (broad SMARTS) is 1. The molecule has 0 aliphatic heterocycles. The number of benzene rings is 2. The van der Waals surface area contributed by atoms with Crippen molar-refractivity contribution in [2.75, 3.05) is 0 Å². The Morgan fingerprint density at radius 3 is 2.30 bits per heavy atom. The molecule has 1 aromatic heterocycles. The average Bonchev–Trinajstić information content (AvgIpc) is 2.87. The van der Waals surface area contributed by atoms with Crippen LogP contribution < -0.4 is 0 Å². The first-order chi connectivity index (χ1) is 12.6. The van der Waals surface area contributed by atoms with Crippen molar-refractivity contribution in [2.24, 2.45) is 0 Å². The van der Waals surface area contributed by atoms with Gasteiger partial charge in [-0.05, 0) is 43.7 Å². The molecule has 0 saturated heterocycles. The Kier molecular flexibility index (Phi) is 4.43. The van der Waals surface area contributed by atoms with E-state index in [1.54, 1.807) is 0 Å². The number of nitrogens with zero attached hydrogens (tertiary/aromatic N) is 1. The number of aliphatic carboxylic acids is 1. The van der Waals surface area contributed by atoms with Gasteiger partial charge in [-0.25, -0.2) is 13.2 Å². The quantitative estimate of drug-likeness (QED) is 0.724. The van der Waals surface area contributed by atoms with Crippen LogP contribution in [0.2, 0.25) is 0 Å². The fourth-order valence-corrected chi connectivity index (χ4v) is 3.14. The Bertz CT molecular complexity index is 1100. The molecule has 1 unspecified atom stereocenters. The molecule has 1 heterocycles. The SMILES string of the molecule is Cc1c(C(C)C(=O)O)c2cc(O)c(F)cc2n1C(=O)c1ccc(F)c(F)c1. The number of fused-ring (bicyclic) bond motifs is 1. The summed E-state index contributed by atoms with van der Waals surface area (Å²) >= 11 is 0. The van der Waals surface area contributed by atoms with Gasteiger partial charge in [-0.15, -0.1) is 0 Å². The monoisotopic (exact) mass is 377 g/mol. The van der Waals surface area contributed by atoms with Crippen molar-refractivity contribution in [2.45, 2.75) is 19.8 Å². The van der Waals surface area contributed by atoms with Crippen molar-refractivity contribution < 1.29 is 33.0 Å². The number of hydrogen-bond acceptors (Lipinski definition) is 3. The summed E-state index contributed by atoms with van der Waals surface area (Å²) in [7, 11) is 0. The van der Waals surface area contributed by atoms with Crippen LogP contribution in [0, 0.1) is 24.4 Å². The van der Waals surface area contributed by atoms with E-state index < -0.39 is 41.0 Å². The Hall–Kier alpha value is -3.29. The highest BCUT2D eigenvalue weighted by Gasteiger charge is 2.27. The molecule has 27 heavy (non-hydrogen) atoms. The van der Waals surface area contributed by atoms with Gasteiger partial charge >= 0.3 is 5.97 Å². The largest absolute Gasteiger partial charge is 0.505 e. The normalized spacial score (nSPS) is 12.3. The molecular formula is C19H14F3NO4. The number of carbonyl (C=O) groups excluding carboxylic acids is 1. The van der Waals surface area contributed by atoms with Crippen molar-refractivity contribution in [3.8, 4) is 5.75 Å². The van der Waals surface area contributed by atoms with E-state index in [-0.39, 0.29) is 27.7 Å². The number of aromatic hydroxyl groups is 1. The summed E-state index contributed by atoms with van der Waals surface area (Å²) in [6, 6.07) is 4.51. The first kappa shape index (κ1) is 18.5. The minimum Gasteiger partial charge on any atom is -0.505 e. The molecular weight excluding hydrogens is 363 g/mol.